The highest BCUT2D eigenvalue weighted by atomic mass is 79.9. The van der Waals surface area contributed by atoms with Crippen LogP contribution in [0, 0.1) is 5.92 Å². The molecule has 37 heavy (non-hydrogen) atoms. The van der Waals surface area contributed by atoms with Crippen LogP contribution < -0.4 is 15.4 Å². The summed E-state index contributed by atoms with van der Waals surface area (Å²) in [4.78, 5) is 40.0. The summed E-state index contributed by atoms with van der Waals surface area (Å²) in [5, 5.41) is 6.41. The van der Waals surface area contributed by atoms with Crippen LogP contribution in [-0.2, 0) is 9.59 Å². The smallest absolute Gasteiger partial charge is 0.262 e. The maximum absolute atomic E-state index is 13.2. The highest BCUT2D eigenvalue weighted by Crippen LogP contribution is 2.27. The summed E-state index contributed by atoms with van der Waals surface area (Å²) in [6.07, 6.45) is 1.05. The number of hydrogen-bond acceptors (Lipinski definition) is 4. The van der Waals surface area contributed by atoms with Crippen molar-refractivity contribution in [3.8, 4) is 5.75 Å². The lowest BCUT2D eigenvalue weighted by Gasteiger charge is -2.31. The third-order valence-corrected chi connectivity index (χ3v) is 7.21. The number of benzene rings is 3. The average Bonchev–Trinajstić information content (AvgIpc) is 2.91. The third-order valence-electron chi connectivity index (χ3n) is 5.94. The molecule has 1 saturated heterocycles. The van der Waals surface area contributed by atoms with Gasteiger partial charge in [0.05, 0.1) is 15.6 Å². The molecule has 0 spiro atoms. The fraction of sp³-hybridized carbons (Fsp3) is 0.222. The Morgan fingerprint density at radius 3 is 2.27 bits per heavy atom. The summed E-state index contributed by atoms with van der Waals surface area (Å²) in [7, 11) is 0. The quantitative estimate of drug-likeness (QED) is 0.333. The van der Waals surface area contributed by atoms with Gasteiger partial charge in [-0.1, -0.05) is 51.3 Å². The zero-order valence-corrected chi connectivity index (χ0v) is 22.8. The molecule has 4 rings (SSSR count). The molecule has 0 atom stereocenters. The van der Waals surface area contributed by atoms with E-state index in [1.165, 1.54) is 0 Å². The van der Waals surface area contributed by atoms with Crippen LogP contribution in [0.25, 0.3) is 0 Å². The molecule has 1 aliphatic rings. The Labute approximate surface area is 233 Å². The zero-order chi connectivity index (χ0) is 26.4. The number of halogens is 3. The highest BCUT2D eigenvalue weighted by molar-refractivity contribution is 9.10. The third kappa shape index (κ3) is 7.25. The van der Waals surface area contributed by atoms with Crippen molar-refractivity contribution in [3.63, 3.8) is 0 Å². The molecular formula is C27H24BrCl2N3O4. The maximum Gasteiger partial charge on any atom is 0.262 e. The lowest BCUT2D eigenvalue weighted by molar-refractivity contribution is -0.121. The van der Waals surface area contributed by atoms with Crippen molar-refractivity contribution in [2.24, 2.45) is 5.92 Å². The minimum atomic E-state index is -0.335. The SMILES string of the molecule is O=C(COc1ccccc1C(=O)N1CCC(C(=O)Nc2ccc(Cl)c(Cl)c2)CC1)Nc1ccc(Br)cc1. The number of carbonyl (C=O) groups excluding carboxylic acids is 3. The minimum absolute atomic E-state index is 0.119. The number of hydrogen-bond donors (Lipinski definition) is 2. The molecule has 1 heterocycles. The van der Waals surface area contributed by atoms with E-state index in [9.17, 15) is 14.4 Å². The van der Waals surface area contributed by atoms with Gasteiger partial charge in [0, 0.05) is 34.9 Å². The van der Waals surface area contributed by atoms with Crippen LogP contribution in [0.15, 0.2) is 71.2 Å². The fourth-order valence-corrected chi connectivity index (χ4v) is 4.54. The first-order valence-electron chi connectivity index (χ1n) is 11.6. The lowest BCUT2D eigenvalue weighted by Crippen LogP contribution is -2.41. The molecule has 1 fully saturated rings. The molecule has 0 bridgehead atoms. The van der Waals surface area contributed by atoms with Crippen LogP contribution in [0.3, 0.4) is 0 Å². The number of nitrogens with zero attached hydrogens (tertiary/aromatic N) is 1. The number of amides is 3. The second kappa shape index (κ2) is 12.4. The number of rotatable bonds is 7. The predicted molar refractivity (Wildman–Crippen MR) is 148 cm³/mol. The van der Waals surface area contributed by atoms with Gasteiger partial charge in [0.25, 0.3) is 11.8 Å². The van der Waals surface area contributed by atoms with Crippen molar-refractivity contribution < 1.29 is 19.1 Å². The fourth-order valence-electron chi connectivity index (χ4n) is 3.98. The van der Waals surface area contributed by atoms with Gasteiger partial charge in [-0.3, -0.25) is 14.4 Å². The van der Waals surface area contributed by atoms with Crippen molar-refractivity contribution in [2.75, 3.05) is 30.3 Å². The van der Waals surface area contributed by atoms with E-state index in [1.807, 2.05) is 12.1 Å². The van der Waals surface area contributed by atoms with E-state index in [0.717, 1.165) is 4.47 Å². The van der Waals surface area contributed by atoms with Crippen LogP contribution in [0.1, 0.15) is 23.2 Å². The first kappa shape index (κ1) is 27.0. The lowest BCUT2D eigenvalue weighted by atomic mass is 9.95. The van der Waals surface area contributed by atoms with Gasteiger partial charge in [0.2, 0.25) is 5.91 Å². The molecule has 192 valence electrons. The molecule has 3 aromatic carbocycles. The van der Waals surface area contributed by atoms with Crippen LogP contribution in [0.2, 0.25) is 10.0 Å². The van der Waals surface area contributed by atoms with Gasteiger partial charge in [-0.05, 0) is 67.4 Å². The second-order valence-corrected chi connectivity index (χ2v) is 10.3. The highest BCUT2D eigenvalue weighted by Gasteiger charge is 2.29. The van der Waals surface area contributed by atoms with Crippen molar-refractivity contribution in [3.05, 3.63) is 86.8 Å². The molecule has 1 aliphatic heterocycles. The van der Waals surface area contributed by atoms with Gasteiger partial charge < -0.3 is 20.3 Å². The van der Waals surface area contributed by atoms with E-state index in [-0.39, 0.29) is 30.2 Å². The molecule has 0 aromatic heterocycles. The Bertz CT molecular complexity index is 1300. The number of likely N-dealkylation sites (tertiary alicyclic amines) is 1. The number of nitrogens with one attached hydrogen (secondary N) is 2. The molecule has 0 saturated carbocycles. The Morgan fingerprint density at radius 1 is 0.892 bits per heavy atom. The molecule has 0 radical (unpaired) electrons. The summed E-state index contributed by atoms with van der Waals surface area (Å²) in [5.74, 6) is -0.554. The Morgan fingerprint density at radius 2 is 1.57 bits per heavy atom. The molecule has 10 heteroatoms. The first-order valence-corrected chi connectivity index (χ1v) is 13.2. The topological polar surface area (TPSA) is 87.7 Å². The van der Waals surface area contributed by atoms with Gasteiger partial charge >= 0.3 is 0 Å². The molecule has 3 aromatic rings. The Kier molecular flexibility index (Phi) is 9.08. The predicted octanol–water partition coefficient (Wildman–Crippen LogP) is 6.26. The van der Waals surface area contributed by atoms with Gasteiger partial charge in [0.1, 0.15) is 5.75 Å². The van der Waals surface area contributed by atoms with E-state index in [0.29, 0.717) is 58.7 Å². The summed E-state index contributed by atoms with van der Waals surface area (Å²) >= 11 is 15.3. The van der Waals surface area contributed by atoms with Gasteiger partial charge in [-0.25, -0.2) is 0 Å². The van der Waals surface area contributed by atoms with Crippen LogP contribution in [-0.4, -0.2) is 42.3 Å². The summed E-state index contributed by atoms with van der Waals surface area (Å²) in [6, 6.07) is 19.0. The van der Waals surface area contributed by atoms with Gasteiger partial charge in [0.15, 0.2) is 6.61 Å². The van der Waals surface area contributed by atoms with E-state index in [2.05, 4.69) is 26.6 Å². The maximum atomic E-state index is 13.2. The van der Waals surface area contributed by atoms with Crippen molar-refractivity contribution >= 4 is 68.2 Å². The van der Waals surface area contributed by atoms with Gasteiger partial charge in [-0.2, -0.15) is 0 Å². The number of para-hydroxylation sites is 1. The van der Waals surface area contributed by atoms with E-state index in [4.69, 9.17) is 27.9 Å². The van der Waals surface area contributed by atoms with Crippen LogP contribution >= 0.6 is 39.1 Å². The number of ether oxygens (including phenoxy) is 1. The van der Waals surface area contributed by atoms with E-state index in [1.54, 1.807) is 59.5 Å². The second-order valence-electron chi connectivity index (χ2n) is 8.52. The number of anilines is 2. The summed E-state index contributed by atoms with van der Waals surface area (Å²) in [5.41, 5.74) is 1.60. The van der Waals surface area contributed by atoms with Crippen molar-refractivity contribution in [1.29, 1.82) is 0 Å². The zero-order valence-electron chi connectivity index (χ0n) is 19.7. The molecule has 0 aliphatic carbocycles. The standard InChI is InChI=1S/C27H24BrCl2N3O4/c28-18-5-7-19(8-6-18)31-25(34)16-37-24-4-2-1-3-21(24)27(36)33-13-11-17(12-14-33)26(35)32-20-9-10-22(29)23(30)15-20/h1-10,15,17H,11-14,16H2,(H,31,34)(H,32,35). The van der Waals surface area contributed by atoms with E-state index >= 15 is 0 Å². The van der Waals surface area contributed by atoms with Crippen LogP contribution in [0.4, 0.5) is 11.4 Å². The molecule has 2 N–H and O–H groups in total. The first-order chi connectivity index (χ1) is 17.8. The monoisotopic (exact) mass is 603 g/mol. The van der Waals surface area contributed by atoms with E-state index < -0.39 is 0 Å². The van der Waals surface area contributed by atoms with Crippen molar-refractivity contribution in [1.82, 2.24) is 4.90 Å². The molecular weight excluding hydrogens is 581 g/mol. The van der Waals surface area contributed by atoms with Gasteiger partial charge in [-0.15, -0.1) is 0 Å². The number of carbonyl (C=O) groups is 3. The van der Waals surface area contributed by atoms with Crippen molar-refractivity contribution in [2.45, 2.75) is 12.8 Å². The van der Waals surface area contributed by atoms with Crippen LogP contribution in [0.5, 0.6) is 5.75 Å². The molecule has 7 nitrogen and oxygen atoms in total. The minimum Gasteiger partial charge on any atom is -0.483 e. The Balaban J connectivity index is 1.31. The number of piperidine rings is 1. The average molecular weight is 605 g/mol. The summed E-state index contributed by atoms with van der Waals surface area (Å²) < 4.78 is 6.61. The molecule has 3 amide bonds. The molecule has 0 unspecified atom stereocenters. The largest absolute Gasteiger partial charge is 0.483 e. The summed E-state index contributed by atoms with van der Waals surface area (Å²) in [6.45, 7) is 0.616. The normalized spacial score (nSPS) is 13.6. The Hall–Kier alpha value is -3.07.